The van der Waals surface area contributed by atoms with Gasteiger partial charge in [0, 0.05) is 11.7 Å². The molecule has 0 saturated carbocycles. The minimum absolute atomic E-state index is 0.0362. The molecule has 0 fully saturated rings. The first-order chi connectivity index (χ1) is 8.61. The first-order valence-corrected chi connectivity index (χ1v) is 6.38. The fourth-order valence-corrected chi connectivity index (χ4v) is 1.36. The molecule has 0 unspecified atom stereocenters. The van der Waals surface area contributed by atoms with Crippen LogP contribution in [0.15, 0.2) is 24.3 Å². The van der Waals surface area contributed by atoms with E-state index in [1.807, 2.05) is 38.1 Å². The Hall–Kier alpha value is -1.55. The second-order valence-corrected chi connectivity index (χ2v) is 4.46. The fourth-order valence-electron chi connectivity index (χ4n) is 1.36. The molecule has 1 aromatic rings. The molecule has 0 aliphatic rings. The van der Waals surface area contributed by atoms with Crippen LogP contribution in [0.2, 0.25) is 0 Å². The standard InChI is InChI=1S/C14H22N2O2/c1-4-9-18-13-7-5-12(6-8-13)16-14(17)10-15-11(2)3/h5-8,11,15H,4,9-10H2,1-3H3,(H,16,17). The average molecular weight is 250 g/mol. The van der Waals surface area contributed by atoms with E-state index >= 15 is 0 Å². The van der Waals surface area contributed by atoms with Gasteiger partial charge in [-0.2, -0.15) is 0 Å². The van der Waals surface area contributed by atoms with Crippen LogP contribution >= 0.6 is 0 Å². The van der Waals surface area contributed by atoms with Crippen LogP contribution in [0, 0.1) is 0 Å². The van der Waals surface area contributed by atoms with E-state index in [1.54, 1.807) is 0 Å². The molecule has 2 N–H and O–H groups in total. The summed E-state index contributed by atoms with van der Waals surface area (Å²) in [5.74, 6) is 0.793. The van der Waals surface area contributed by atoms with Gasteiger partial charge >= 0.3 is 0 Å². The zero-order chi connectivity index (χ0) is 13.4. The number of carbonyl (C=O) groups is 1. The van der Waals surface area contributed by atoms with Gasteiger partial charge in [-0.05, 0) is 30.7 Å². The van der Waals surface area contributed by atoms with E-state index in [2.05, 4.69) is 17.6 Å². The summed E-state index contributed by atoms with van der Waals surface area (Å²) < 4.78 is 5.47. The van der Waals surface area contributed by atoms with E-state index in [0.717, 1.165) is 17.9 Å². The van der Waals surface area contributed by atoms with Crippen LogP contribution in [0.4, 0.5) is 5.69 Å². The van der Waals surface area contributed by atoms with Crippen molar-refractivity contribution in [1.82, 2.24) is 5.32 Å². The third kappa shape index (κ3) is 5.68. The Kier molecular flexibility index (Phi) is 6.22. The number of benzene rings is 1. The molecule has 0 aliphatic heterocycles. The maximum atomic E-state index is 11.6. The lowest BCUT2D eigenvalue weighted by Gasteiger charge is -2.09. The summed E-state index contributed by atoms with van der Waals surface area (Å²) in [7, 11) is 0. The van der Waals surface area contributed by atoms with E-state index in [9.17, 15) is 4.79 Å². The van der Waals surface area contributed by atoms with E-state index < -0.39 is 0 Å². The summed E-state index contributed by atoms with van der Waals surface area (Å²) in [5, 5.41) is 5.89. The van der Waals surface area contributed by atoms with Crippen molar-refractivity contribution in [2.45, 2.75) is 33.2 Å². The zero-order valence-corrected chi connectivity index (χ0v) is 11.3. The first kappa shape index (κ1) is 14.5. The molecule has 100 valence electrons. The SMILES string of the molecule is CCCOc1ccc(NC(=O)CNC(C)C)cc1. The van der Waals surface area contributed by atoms with Crippen LogP contribution in [-0.2, 0) is 4.79 Å². The van der Waals surface area contributed by atoms with Crippen molar-refractivity contribution in [2.75, 3.05) is 18.5 Å². The largest absolute Gasteiger partial charge is 0.494 e. The Morgan fingerprint density at radius 3 is 2.50 bits per heavy atom. The number of hydrogen-bond acceptors (Lipinski definition) is 3. The molecule has 4 nitrogen and oxygen atoms in total. The maximum absolute atomic E-state index is 11.6. The lowest BCUT2D eigenvalue weighted by molar-refractivity contribution is -0.115. The molecule has 1 aromatic carbocycles. The van der Waals surface area contributed by atoms with E-state index in [1.165, 1.54) is 0 Å². The van der Waals surface area contributed by atoms with Gasteiger partial charge in [-0.15, -0.1) is 0 Å². The molecule has 18 heavy (non-hydrogen) atoms. The van der Waals surface area contributed by atoms with Gasteiger partial charge in [0.25, 0.3) is 0 Å². The average Bonchev–Trinajstić information content (AvgIpc) is 2.35. The Morgan fingerprint density at radius 1 is 1.28 bits per heavy atom. The smallest absolute Gasteiger partial charge is 0.238 e. The lowest BCUT2D eigenvalue weighted by Crippen LogP contribution is -2.32. The minimum Gasteiger partial charge on any atom is -0.494 e. The van der Waals surface area contributed by atoms with E-state index in [4.69, 9.17) is 4.74 Å². The summed E-state index contributed by atoms with van der Waals surface area (Å²) in [6.45, 7) is 7.12. The van der Waals surface area contributed by atoms with Gasteiger partial charge in [0.2, 0.25) is 5.91 Å². The molecule has 0 aromatic heterocycles. The van der Waals surface area contributed by atoms with Crippen molar-refractivity contribution in [3.05, 3.63) is 24.3 Å². The monoisotopic (exact) mass is 250 g/mol. The third-order valence-corrected chi connectivity index (χ3v) is 2.28. The summed E-state index contributed by atoms with van der Waals surface area (Å²) in [5.41, 5.74) is 0.786. The van der Waals surface area contributed by atoms with Gasteiger partial charge in [0.1, 0.15) is 5.75 Å². The highest BCUT2D eigenvalue weighted by Crippen LogP contribution is 2.15. The number of hydrogen-bond donors (Lipinski definition) is 2. The topological polar surface area (TPSA) is 50.4 Å². The highest BCUT2D eigenvalue weighted by molar-refractivity contribution is 5.92. The van der Waals surface area contributed by atoms with Crippen LogP contribution in [0.3, 0.4) is 0 Å². The highest BCUT2D eigenvalue weighted by atomic mass is 16.5. The summed E-state index contributed by atoms with van der Waals surface area (Å²) in [4.78, 5) is 11.6. The summed E-state index contributed by atoms with van der Waals surface area (Å²) >= 11 is 0. The molecule has 1 rings (SSSR count). The quantitative estimate of drug-likeness (QED) is 0.781. The van der Waals surface area contributed by atoms with Crippen molar-refractivity contribution in [1.29, 1.82) is 0 Å². The Morgan fingerprint density at radius 2 is 1.94 bits per heavy atom. The van der Waals surface area contributed by atoms with Crippen molar-refractivity contribution in [3.8, 4) is 5.75 Å². The Balaban J connectivity index is 2.40. The normalized spacial score (nSPS) is 10.4. The maximum Gasteiger partial charge on any atom is 0.238 e. The van der Waals surface area contributed by atoms with Crippen molar-refractivity contribution >= 4 is 11.6 Å². The van der Waals surface area contributed by atoms with Gasteiger partial charge < -0.3 is 15.4 Å². The van der Waals surface area contributed by atoms with Crippen molar-refractivity contribution in [2.24, 2.45) is 0 Å². The third-order valence-electron chi connectivity index (χ3n) is 2.28. The number of carbonyl (C=O) groups excluding carboxylic acids is 1. The molecule has 0 radical (unpaired) electrons. The molecule has 0 aliphatic carbocycles. The highest BCUT2D eigenvalue weighted by Gasteiger charge is 2.03. The summed E-state index contributed by atoms with van der Waals surface area (Å²) in [6, 6.07) is 7.72. The van der Waals surface area contributed by atoms with Crippen LogP contribution in [-0.4, -0.2) is 25.1 Å². The number of nitrogens with one attached hydrogen (secondary N) is 2. The fraction of sp³-hybridized carbons (Fsp3) is 0.500. The molecular weight excluding hydrogens is 228 g/mol. The Bertz CT molecular complexity index is 361. The zero-order valence-electron chi connectivity index (χ0n) is 11.3. The Labute approximate surface area is 109 Å². The predicted octanol–water partition coefficient (Wildman–Crippen LogP) is 2.41. The lowest BCUT2D eigenvalue weighted by atomic mass is 10.3. The molecule has 0 atom stereocenters. The van der Waals surface area contributed by atoms with Gasteiger partial charge in [-0.1, -0.05) is 20.8 Å². The first-order valence-electron chi connectivity index (χ1n) is 6.38. The predicted molar refractivity (Wildman–Crippen MR) is 74.0 cm³/mol. The van der Waals surface area contributed by atoms with Gasteiger partial charge in [-0.3, -0.25) is 4.79 Å². The molecular formula is C14H22N2O2. The van der Waals surface area contributed by atoms with Gasteiger partial charge in [0.05, 0.1) is 13.2 Å². The van der Waals surface area contributed by atoms with Crippen LogP contribution < -0.4 is 15.4 Å². The van der Waals surface area contributed by atoms with Gasteiger partial charge in [-0.25, -0.2) is 0 Å². The minimum atomic E-state index is -0.0362. The second-order valence-electron chi connectivity index (χ2n) is 4.46. The number of anilines is 1. The molecule has 4 heteroatoms. The van der Waals surface area contributed by atoms with Crippen LogP contribution in [0.5, 0.6) is 5.75 Å². The molecule has 0 bridgehead atoms. The molecule has 1 amide bonds. The van der Waals surface area contributed by atoms with Crippen LogP contribution in [0.1, 0.15) is 27.2 Å². The number of amides is 1. The second kappa shape index (κ2) is 7.71. The molecule has 0 spiro atoms. The molecule has 0 saturated heterocycles. The van der Waals surface area contributed by atoms with E-state index in [-0.39, 0.29) is 5.91 Å². The number of ether oxygens (including phenoxy) is 1. The van der Waals surface area contributed by atoms with Crippen LogP contribution in [0.25, 0.3) is 0 Å². The van der Waals surface area contributed by atoms with E-state index in [0.29, 0.717) is 19.2 Å². The number of rotatable bonds is 7. The van der Waals surface area contributed by atoms with Crippen molar-refractivity contribution < 1.29 is 9.53 Å². The summed E-state index contributed by atoms with van der Waals surface area (Å²) in [6.07, 6.45) is 0.985. The van der Waals surface area contributed by atoms with Gasteiger partial charge in [0.15, 0.2) is 0 Å². The van der Waals surface area contributed by atoms with Crippen molar-refractivity contribution in [3.63, 3.8) is 0 Å². The molecule has 0 heterocycles.